The largest absolute Gasteiger partial charge is 0.462 e. The van der Waals surface area contributed by atoms with Gasteiger partial charge in [0.2, 0.25) is 0 Å². The van der Waals surface area contributed by atoms with Crippen molar-refractivity contribution in [1.82, 2.24) is 0 Å². The summed E-state index contributed by atoms with van der Waals surface area (Å²) >= 11 is 0. The van der Waals surface area contributed by atoms with Crippen molar-refractivity contribution in [2.75, 3.05) is 13.2 Å². The first-order valence-corrected chi connectivity index (χ1v) is 27.5. The van der Waals surface area contributed by atoms with Crippen LogP contribution in [0.15, 0.2) is 72.9 Å². The molecule has 0 aliphatic heterocycles. The number of unbranched alkanes of at least 4 members (excludes halogenated alkanes) is 29. The molecule has 0 N–H and O–H groups in total. The quantitative estimate of drug-likeness (QED) is 0.0199. The minimum absolute atomic E-state index is 0.0905. The van der Waals surface area contributed by atoms with E-state index in [1.165, 1.54) is 122 Å². The highest BCUT2D eigenvalue weighted by atomic mass is 16.6. The molecule has 0 aromatic rings. The molecule has 0 rings (SSSR count). The van der Waals surface area contributed by atoms with Crippen molar-refractivity contribution < 1.29 is 28.6 Å². The molecule has 0 saturated carbocycles. The predicted molar refractivity (Wildman–Crippen MR) is 279 cm³/mol. The lowest BCUT2D eigenvalue weighted by Gasteiger charge is -2.18. The van der Waals surface area contributed by atoms with Crippen molar-refractivity contribution >= 4 is 17.9 Å². The van der Waals surface area contributed by atoms with Crippen LogP contribution in [0.2, 0.25) is 0 Å². The van der Waals surface area contributed by atoms with Gasteiger partial charge in [0.25, 0.3) is 0 Å². The lowest BCUT2D eigenvalue weighted by Crippen LogP contribution is -2.30. The zero-order valence-corrected chi connectivity index (χ0v) is 42.7. The number of hydrogen-bond acceptors (Lipinski definition) is 6. The Bertz CT molecular complexity index is 1230. The molecule has 0 radical (unpaired) electrons. The summed E-state index contributed by atoms with van der Waals surface area (Å²) in [6.07, 6.45) is 67.4. The van der Waals surface area contributed by atoms with Crippen LogP contribution >= 0.6 is 0 Å². The number of rotatable bonds is 49. The van der Waals surface area contributed by atoms with E-state index >= 15 is 0 Å². The normalized spacial score (nSPS) is 12.6. The summed E-state index contributed by atoms with van der Waals surface area (Å²) in [5.74, 6) is -0.925. The summed E-state index contributed by atoms with van der Waals surface area (Å²) in [5.41, 5.74) is 0. The highest BCUT2D eigenvalue weighted by Crippen LogP contribution is 2.14. The molecule has 6 nitrogen and oxygen atoms in total. The van der Waals surface area contributed by atoms with Crippen molar-refractivity contribution in [1.29, 1.82) is 0 Å². The van der Waals surface area contributed by atoms with E-state index in [1.54, 1.807) is 0 Å². The number of carbonyl (C=O) groups is 3. The van der Waals surface area contributed by atoms with Gasteiger partial charge in [-0.1, -0.05) is 229 Å². The van der Waals surface area contributed by atoms with Gasteiger partial charge >= 0.3 is 17.9 Å². The zero-order valence-electron chi connectivity index (χ0n) is 42.7. The molecule has 1 unspecified atom stereocenters. The molecule has 0 amide bonds. The molecule has 374 valence electrons. The van der Waals surface area contributed by atoms with E-state index in [4.69, 9.17) is 14.2 Å². The topological polar surface area (TPSA) is 78.9 Å². The number of hydrogen-bond donors (Lipinski definition) is 0. The van der Waals surface area contributed by atoms with Crippen molar-refractivity contribution in [3.63, 3.8) is 0 Å². The van der Waals surface area contributed by atoms with E-state index in [-0.39, 0.29) is 31.1 Å². The molecule has 0 saturated heterocycles. The highest BCUT2D eigenvalue weighted by molar-refractivity contribution is 5.71. The van der Waals surface area contributed by atoms with E-state index in [0.29, 0.717) is 19.3 Å². The lowest BCUT2D eigenvalue weighted by atomic mass is 10.1. The SMILES string of the molecule is CC\C=C/C=C\C=C/C=C\CCCCCCCC(=O)OCC(COC(=O)CCCCCCC/C=C\CCCCCCCCC)OC(=O)CCCCCCC/C=C\CCCCCCCCC. The lowest BCUT2D eigenvalue weighted by molar-refractivity contribution is -0.167. The molecular weight excluding hydrogens is 805 g/mol. The number of ether oxygens (including phenoxy) is 3. The summed E-state index contributed by atoms with van der Waals surface area (Å²) in [5, 5.41) is 0. The van der Waals surface area contributed by atoms with Crippen LogP contribution in [0.4, 0.5) is 0 Å². The van der Waals surface area contributed by atoms with Gasteiger partial charge in [-0.2, -0.15) is 0 Å². The minimum atomic E-state index is -0.793. The Labute approximate surface area is 402 Å². The van der Waals surface area contributed by atoms with Gasteiger partial charge in [0, 0.05) is 19.3 Å². The van der Waals surface area contributed by atoms with E-state index < -0.39 is 6.10 Å². The molecule has 6 heteroatoms. The Kier molecular flexibility index (Phi) is 50.9. The highest BCUT2D eigenvalue weighted by Gasteiger charge is 2.19. The fraction of sp³-hybridized carbons (Fsp3) is 0.746. The van der Waals surface area contributed by atoms with Crippen LogP contribution in [0.3, 0.4) is 0 Å². The maximum absolute atomic E-state index is 12.8. The summed E-state index contributed by atoms with van der Waals surface area (Å²) in [6.45, 7) is 6.47. The third-order valence-corrected chi connectivity index (χ3v) is 11.8. The first kappa shape index (κ1) is 61.9. The first-order chi connectivity index (χ1) is 32.0. The van der Waals surface area contributed by atoms with Crippen LogP contribution in [-0.4, -0.2) is 37.2 Å². The molecule has 0 fully saturated rings. The van der Waals surface area contributed by atoms with E-state index in [9.17, 15) is 14.4 Å². The molecule has 0 aromatic heterocycles. The van der Waals surface area contributed by atoms with Gasteiger partial charge in [-0.3, -0.25) is 14.4 Å². The van der Waals surface area contributed by atoms with E-state index in [1.807, 2.05) is 18.2 Å². The van der Waals surface area contributed by atoms with Gasteiger partial charge in [-0.05, 0) is 89.9 Å². The first-order valence-electron chi connectivity index (χ1n) is 27.5. The van der Waals surface area contributed by atoms with Crippen LogP contribution in [0.5, 0.6) is 0 Å². The molecule has 0 aliphatic carbocycles. The molecular formula is C59H102O6. The minimum Gasteiger partial charge on any atom is -0.462 e. The van der Waals surface area contributed by atoms with Gasteiger partial charge in [0.05, 0.1) is 0 Å². The summed E-state index contributed by atoms with van der Waals surface area (Å²) in [4.78, 5) is 38.1. The Morgan fingerprint density at radius 3 is 0.985 bits per heavy atom. The van der Waals surface area contributed by atoms with Crippen molar-refractivity contribution in [2.24, 2.45) is 0 Å². The van der Waals surface area contributed by atoms with Crippen LogP contribution in [0.1, 0.15) is 265 Å². The Morgan fingerprint density at radius 1 is 0.323 bits per heavy atom. The molecule has 0 aliphatic rings. The summed E-state index contributed by atoms with van der Waals surface area (Å²) in [6, 6.07) is 0. The van der Waals surface area contributed by atoms with Crippen molar-refractivity contribution in [3.05, 3.63) is 72.9 Å². The zero-order chi connectivity index (χ0) is 47.2. The van der Waals surface area contributed by atoms with Gasteiger partial charge in [0.1, 0.15) is 13.2 Å². The van der Waals surface area contributed by atoms with Crippen LogP contribution in [-0.2, 0) is 28.6 Å². The summed E-state index contributed by atoms with van der Waals surface area (Å²) < 4.78 is 16.8. The monoisotopic (exact) mass is 907 g/mol. The van der Waals surface area contributed by atoms with Crippen LogP contribution in [0.25, 0.3) is 0 Å². The number of carbonyl (C=O) groups excluding carboxylic acids is 3. The number of allylic oxidation sites excluding steroid dienone is 12. The third-order valence-electron chi connectivity index (χ3n) is 11.8. The van der Waals surface area contributed by atoms with Crippen molar-refractivity contribution in [3.8, 4) is 0 Å². The van der Waals surface area contributed by atoms with E-state index in [2.05, 4.69) is 75.5 Å². The predicted octanol–water partition coefficient (Wildman–Crippen LogP) is 18.2. The molecule has 0 heterocycles. The molecule has 65 heavy (non-hydrogen) atoms. The Morgan fingerprint density at radius 2 is 0.615 bits per heavy atom. The average molecular weight is 907 g/mol. The Balaban J connectivity index is 4.44. The van der Waals surface area contributed by atoms with Gasteiger partial charge in [-0.15, -0.1) is 0 Å². The van der Waals surface area contributed by atoms with Crippen molar-refractivity contribution in [2.45, 2.75) is 271 Å². The van der Waals surface area contributed by atoms with Gasteiger partial charge in [-0.25, -0.2) is 0 Å². The molecule has 1 atom stereocenters. The van der Waals surface area contributed by atoms with Gasteiger partial charge < -0.3 is 14.2 Å². The smallest absolute Gasteiger partial charge is 0.306 e. The van der Waals surface area contributed by atoms with Gasteiger partial charge in [0.15, 0.2) is 6.10 Å². The number of esters is 3. The van der Waals surface area contributed by atoms with Crippen LogP contribution in [0, 0.1) is 0 Å². The molecule has 0 aromatic carbocycles. The standard InChI is InChI=1S/C59H102O6/c1-4-7-10-13-16-19-22-25-28-31-34-37-40-43-46-49-52-58(61)64-55-56(54-63-57(60)51-48-45-42-39-36-33-30-27-24-21-18-15-12-9-6-3)65-59(62)53-50-47-44-41-38-35-32-29-26-23-20-17-14-11-8-5-2/h9,12,15,18,21,24,27-32,56H,4-8,10-11,13-14,16-17,19-20,22-23,25-26,33-55H2,1-3H3/b12-9-,18-15-,24-21-,30-27-,31-28-,32-29-. The average Bonchev–Trinajstić information content (AvgIpc) is 3.30. The van der Waals surface area contributed by atoms with E-state index in [0.717, 1.165) is 103 Å². The second-order valence-electron chi connectivity index (χ2n) is 18.2. The third kappa shape index (κ3) is 51.7. The maximum Gasteiger partial charge on any atom is 0.306 e. The second kappa shape index (κ2) is 53.5. The maximum atomic E-state index is 12.8. The molecule has 0 bridgehead atoms. The fourth-order valence-corrected chi connectivity index (χ4v) is 7.62. The summed E-state index contributed by atoms with van der Waals surface area (Å²) in [7, 11) is 0. The molecule has 0 spiro atoms. The fourth-order valence-electron chi connectivity index (χ4n) is 7.62. The second-order valence-corrected chi connectivity index (χ2v) is 18.2. The Hall–Kier alpha value is -3.15. The van der Waals surface area contributed by atoms with Crippen LogP contribution < -0.4 is 0 Å².